The molecule has 0 heteroatoms. The molecular weight excluding hydrogens is 528 g/mol. The van der Waals surface area contributed by atoms with E-state index in [9.17, 15) is 0 Å². The highest BCUT2D eigenvalue weighted by Crippen LogP contribution is 2.41. The lowest BCUT2D eigenvalue weighted by atomic mass is 9.85. The Morgan fingerprint density at radius 3 is 1.59 bits per heavy atom. The first-order chi connectivity index (χ1) is 21.2. The topological polar surface area (TPSA) is 0 Å². The molecule has 0 bridgehead atoms. The Labute approximate surface area is 260 Å². The Kier molecular flexibility index (Phi) is 6.07. The highest BCUT2D eigenvalue weighted by atomic mass is 14.2. The van der Waals surface area contributed by atoms with Crippen LogP contribution in [0.15, 0.2) is 121 Å². The molecule has 0 amide bonds. The molecule has 0 fully saturated rings. The molecule has 0 saturated carbocycles. The zero-order valence-corrected chi connectivity index (χ0v) is 26.3. The maximum atomic E-state index is 2.40. The van der Waals surface area contributed by atoms with E-state index >= 15 is 0 Å². The van der Waals surface area contributed by atoms with Gasteiger partial charge >= 0.3 is 0 Å². The number of fused-ring (bicyclic) bond motifs is 2. The van der Waals surface area contributed by atoms with Gasteiger partial charge in [0.2, 0.25) is 0 Å². The third kappa shape index (κ3) is 4.52. The number of hydrogen-bond donors (Lipinski definition) is 0. The summed E-state index contributed by atoms with van der Waals surface area (Å²) in [6.45, 7) is 11.4. The first-order valence-electron chi connectivity index (χ1n) is 16.0. The summed E-state index contributed by atoms with van der Waals surface area (Å²) in [6, 6.07) is 46.3. The summed E-state index contributed by atoms with van der Waals surface area (Å²) in [7, 11) is 0. The van der Waals surface area contributed by atoms with Crippen LogP contribution < -0.4 is 0 Å². The van der Waals surface area contributed by atoms with Gasteiger partial charge in [0, 0.05) is 0 Å². The number of rotatable bonds is 4. The van der Waals surface area contributed by atoms with Crippen molar-refractivity contribution < 1.29 is 0 Å². The fourth-order valence-corrected chi connectivity index (χ4v) is 7.21. The summed E-state index contributed by atoms with van der Waals surface area (Å²) >= 11 is 0. The monoisotopic (exact) mass is 566 g/mol. The third-order valence-electron chi connectivity index (χ3n) is 9.49. The van der Waals surface area contributed by atoms with Crippen molar-refractivity contribution in [1.29, 1.82) is 0 Å². The SMILES string of the molecule is CC(C)Cc1cc2ccc3ccc(-c4ccc5cc(-c6ccc7cc(C(C)(C)C)ccc7c6)ccc5c4)c4ccc(c1)c2c34. The van der Waals surface area contributed by atoms with E-state index in [1.807, 2.05) is 0 Å². The van der Waals surface area contributed by atoms with Gasteiger partial charge in [-0.25, -0.2) is 0 Å². The van der Waals surface area contributed by atoms with Gasteiger partial charge < -0.3 is 0 Å². The van der Waals surface area contributed by atoms with Crippen molar-refractivity contribution in [3.05, 3.63) is 132 Å². The zero-order valence-electron chi connectivity index (χ0n) is 26.3. The maximum Gasteiger partial charge on any atom is -0.00206 e. The Bertz CT molecular complexity index is 2340. The quantitative estimate of drug-likeness (QED) is 0.186. The van der Waals surface area contributed by atoms with Gasteiger partial charge in [0.15, 0.2) is 0 Å². The highest BCUT2D eigenvalue weighted by molar-refractivity contribution is 6.25. The van der Waals surface area contributed by atoms with Gasteiger partial charge in [-0.05, 0) is 123 Å². The Balaban J connectivity index is 1.19. The van der Waals surface area contributed by atoms with Crippen molar-refractivity contribution in [1.82, 2.24) is 0 Å². The first kappa shape index (κ1) is 26.9. The average molecular weight is 567 g/mol. The second-order valence-corrected chi connectivity index (χ2v) is 14.2. The molecule has 0 unspecified atom stereocenters. The van der Waals surface area contributed by atoms with Crippen molar-refractivity contribution >= 4 is 53.9 Å². The largest absolute Gasteiger partial charge is 0.0625 e. The minimum Gasteiger partial charge on any atom is -0.0625 e. The lowest BCUT2D eigenvalue weighted by Gasteiger charge is -2.19. The van der Waals surface area contributed by atoms with Crippen LogP contribution in [0.2, 0.25) is 0 Å². The van der Waals surface area contributed by atoms with Crippen molar-refractivity contribution in [2.45, 2.75) is 46.5 Å². The van der Waals surface area contributed by atoms with Crippen molar-refractivity contribution in [3.8, 4) is 22.3 Å². The van der Waals surface area contributed by atoms with Crippen LogP contribution >= 0.6 is 0 Å². The van der Waals surface area contributed by atoms with Crippen LogP contribution in [-0.4, -0.2) is 0 Å². The summed E-state index contributed by atoms with van der Waals surface area (Å²) in [5.74, 6) is 0.647. The van der Waals surface area contributed by atoms with E-state index in [4.69, 9.17) is 0 Å². The molecule has 0 aliphatic heterocycles. The molecule has 0 spiro atoms. The third-order valence-corrected chi connectivity index (χ3v) is 9.49. The first-order valence-corrected chi connectivity index (χ1v) is 16.0. The molecule has 0 atom stereocenters. The van der Waals surface area contributed by atoms with Crippen molar-refractivity contribution in [2.75, 3.05) is 0 Å². The van der Waals surface area contributed by atoms with Crippen molar-refractivity contribution in [3.63, 3.8) is 0 Å². The van der Waals surface area contributed by atoms with Crippen LogP contribution in [0.1, 0.15) is 45.7 Å². The van der Waals surface area contributed by atoms with Gasteiger partial charge in [-0.15, -0.1) is 0 Å². The minimum atomic E-state index is 0.152. The molecule has 0 aliphatic carbocycles. The Hall–Kier alpha value is -4.68. The molecule has 0 N–H and O–H groups in total. The van der Waals surface area contributed by atoms with Crippen LogP contribution in [0.3, 0.4) is 0 Å². The zero-order chi connectivity index (χ0) is 30.2. The fraction of sp³-hybridized carbons (Fsp3) is 0.182. The van der Waals surface area contributed by atoms with Crippen LogP contribution in [0.25, 0.3) is 76.1 Å². The van der Waals surface area contributed by atoms with Crippen LogP contribution in [0.4, 0.5) is 0 Å². The van der Waals surface area contributed by atoms with Crippen LogP contribution in [-0.2, 0) is 11.8 Å². The summed E-state index contributed by atoms with van der Waals surface area (Å²) < 4.78 is 0. The fourth-order valence-electron chi connectivity index (χ4n) is 7.21. The predicted octanol–water partition coefficient (Wildman–Crippen LogP) is 12.7. The summed E-state index contributed by atoms with van der Waals surface area (Å²) in [4.78, 5) is 0. The van der Waals surface area contributed by atoms with Crippen LogP contribution in [0, 0.1) is 5.92 Å². The molecule has 0 saturated heterocycles. The van der Waals surface area contributed by atoms with E-state index in [0.29, 0.717) is 5.92 Å². The molecular formula is C44H38. The number of hydrogen-bond acceptors (Lipinski definition) is 0. The van der Waals surface area contributed by atoms with Crippen LogP contribution in [0.5, 0.6) is 0 Å². The lowest BCUT2D eigenvalue weighted by molar-refractivity contribution is 0.591. The van der Waals surface area contributed by atoms with E-state index in [0.717, 1.165) is 6.42 Å². The molecule has 8 rings (SSSR count). The molecule has 214 valence electrons. The van der Waals surface area contributed by atoms with Gasteiger partial charge in [-0.1, -0.05) is 138 Å². The molecule has 0 heterocycles. The van der Waals surface area contributed by atoms with Crippen molar-refractivity contribution in [2.24, 2.45) is 5.92 Å². The second kappa shape index (κ2) is 9.93. The smallest absolute Gasteiger partial charge is 0.00206 e. The van der Waals surface area contributed by atoms with Gasteiger partial charge in [-0.3, -0.25) is 0 Å². The van der Waals surface area contributed by atoms with E-state index in [2.05, 4.69) is 156 Å². The summed E-state index contributed by atoms with van der Waals surface area (Å²) in [5, 5.41) is 13.3. The van der Waals surface area contributed by atoms with Gasteiger partial charge in [0.1, 0.15) is 0 Å². The molecule has 0 radical (unpaired) electrons. The lowest BCUT2D eigenvalue weighted by Crippen LogP contribution is -2.10. The molecule has 8 aromatic carbocycles. The number of benzene rings is 8. The van der Waals surface area contributed by atoms with E-state index in [1.54, 1.807) is 0 Å². The summed E-state index contributed by atoms with van der Waals surface area (Å²) in [6.07, 6.45) is 1.11. The Morgan fingerprint density at radius 1 is 0.455 bits per heavy atom. The molecule has 44 heavy (non-hydrogen) atoms. The predicted molar refractivity (Wildman–Crippen MR) is 193 cm³/mol. The second-order valence-electron chi connectivity index (χ2n) is 14.2. The van der Waals surface area contributed by atoms with Gasteiger partial charge in [0.05, 0.1) is 0 Å². The normalized spacial score (nSPS) is 12.5. The molecule has 8 aromatic rings. The van der Waals surface area contributed by atoms with E-state index in [1.165, 1.54) is 87.2 Å². The highest BCUT2D eigenvalue weighted by Gasteiger charge is 2.15. The minimum absolute atomic E-state index is 0.152. The van der Waals surface area contributed by atoms with E-state index < -0.39 is 0 Å². The summed E-state index contributed by atoms with van der Waals surface area (Å²) in [5.41, 5.74) is 8.04. The molecule has 0 aliphatic rings. The molecule has 0 aromatic heterocycles. The average Bonchev–Trinajstić information content (AvgIpc) is 3.01. The van der Waals surface area contributed by atoms with Gasteiger partial charge in [-0.2, -0.15) is 0 Å². The Morgan fingerprint density at radius 2 is 0.955 bits per heavy atom. The van der Waals surface area contributed by atoms with Gasteiger partial charge in [0.25, 0.3) is 0 Å². The standard InChI is InChI=1S/C44H38/c1-27(2)20-28-21-37-13-6-29-15-18-40(41-19-16-38(22-28)42(37)43(29)41)36-12-11-32-23-30(7-8-33(32)25-36)31-9-10-35-26-39(44(3,4)5)17-14-34(35)24-31/h6-19,21-27H,20H2,1-5H3. The van der Waals surface area contributed by atoms with E-state index in [-0.39, 0.29) is 5.41 Å². The maximum absolute atomic E-state index is 2.40. The molecule has 0 nitrogen and oxygen atoms in total.